The first-order valence-corrected chi connectivity index (χ1v) is 15.0. The van der Waals surface area contributed by atoms with Gasteiger partial charge in [-0.15, -0.1) is 0 Å². The Hall–Kier alpha value is -5.86. The number of nitrogens with zero attached hydrogens (tertiary/aromatic N) is 1. The Balaban J connectivity index is 1.46. The highest BCUT2D eigenvalue weighted by atomic mass is 16.3. The van der Waals surface area contributed by atoms with Crippen molar-refractivity contribution in [3.05, 3.63) is 164 Å². The number of hydrogen-bond acceptors (Lipinski definition) is 2. The molecule has 9 aromatic rings. The second-order valence-electron chi connectivity index (χ2n) is 11.3. The van der Waals surface area contributed by atoms with Crippen LogP contribution in [0, 0.1) is 0 Å². The van der Waals surface area contributed by atoms with Crippen molar-refractivity contribution in [1.82, 2.24) is 0 Å². The number of anilines is 3. The van der Waals surface area contributed by atoms with Crippen molar-refractivity contribution in [3.63, 3.8) is 0 Å². The molecule has 0 unspecified atom stereocenters. The molecule has 0 aliphatic heterocycles. The summed E-state index contributed by atoms with van der Waals surface area (Å²) in [7, 11) is 0. The van der Waals surface area contributed by atoms with E-state index in [4.69, 9.17) is 4.42 Å². The third-order valence-electron chi connectivity index (χ3n) is 8.78. The van der Waals surface area contributed by atoms with E-state index >= 15 is 0 Å². The molecule has 0 bridgehead atoms. The molecule has 0 atom stereocenters. The minimum atomic E-state index is 0.873. The molecule has 8 aromatic carbocycles. The van der Waals surface area contributed by atoms with E-state index in [1.807, 2.05) is 0 Å². The molecule has 0 saturated carbocycles. The van der Waals surface area contributed by atoms with E-state index in [0.29, 0.717) is 0 Å². The minimum absolute atomic E-state index is 0.873. The number of hydrogen-bond donors (Lipinski definition) is 0. The molecular formula is C42H27NO. The smallest absolute Gasteiger partial charge is 0.159 e. The molecule has 0 aliphatic carbocycles. The van der Waals surface area contributed by atoms with Crippen LogP contribution < -0.4 is 4.90 Å². The highest BCUT2D eigenvalue weighted by Crippen LogP contribution is 2.48. The first-order valence-electron chi connectivity index (χ1n) is 15.0. The van der Waals surface area contributed by atoms with Gasteiger partial charge in [0.05, 0.1) is 5.69 Å². The molecule has 0 N–H and O–H groups in total. The van der Waals surface area contributed by atoms with Gasteiger partial charge in [0.15, 0.2) is 5.58 Å². The second-order valence-corrected chi connectivity index (χ2v) is 11.3. The molecule has 9 rings (SSSR count). The maximum absolute atomic E-state index is 7.07. The Morgan fingerprint density at radius 1 is 0.364 bits per heavy atom. The van der Waals surface area contributed by atoms with Crippen LogP contribution in [-0.4, -0.2) is 0 Å². The lowest BCUT2D eigenvalue weighted by Crippen LogP contribution is -2.10. The highest BCUT2D eigenvalue weighted by molar-refractivity contribution is 6.31. The largest absolute Gasteiger partial charge is 0.453 e. The molecular weight excluding hydrogens is 534 g/mol. The van der Waals surface area contributed by atoms with Crippen LogP contribution in [0.4, 0.5) is 17.1 Å². The Morgan fingerprint density at radius 3 is 1.75 bits per heavy atom. The third-order valence-corrected chi connectivity index (χ3v) is 8.78. The van der Waals surface area contributed by atoms with Crippen LogP contribution in [0.25, 0.3) is 65.4 Å². The number of fused-ring (bicyclic) bond motifs is 9. The van der Waals surface area contributed by atoms with Crippen LogP contribution in [0.3, 0.4) is 0 Å². The summed E-state index contributed by atoms with van der Waals surface area (Å²) in [6.07, 6.45) is 0. The summed E-state index contributed by atoms with van der Waals surface area (Å²) in [6.45, 7) is 0. The van der Waals surface area contributed by atoms with Crippen LogP contribution in [-0.2, 0) is 0 Å². The summed E-state index contributed by atoms with van der Waals surface area (Å²) in [5.41, 5.74) is 7.27. The first-order chi connectivity index (χ1) is 21.8. The molecule has 1 aromatic heterocycles. The molecule has 1 heterocycles. The van der Waals surface area contributed by atoms with Crippen molar-refractivity contribution < 1.29 is 4.42 Å². The lowest BCUT2D eigenvalue weighted by atomic mass is 9.95. The Morgan fingerprint density at radius 2 is 0.977 bits per heavy atom. The lowest BCUT2D eigenvalue weighted by molar-refractivity contribution is 0.673. The van der Waals surface area contributed by atoms with E-state index < -0.39 is 0 Å². The van der Waals surface area contributed by atoms with Gasteiger partial charge >= 0.3 is 0 Å². The summed E-state index contributed by atoms with van der Waals surface area (Å²) in [5.74, 6) is 0. The summed E-state index contributed by atoms with van der Waals surface area (Å²) in [5, 5.41) is 9.44. The fourth-order valence-electron chi connectivity index (χ4n) is 6.77. The van der Waals surface area contributed by atoms with Gasteiger partial charge in [0.25, 0.3) is 0 Å². The standard InChI is InChI=1S/C42H27NO/c1-3-13-28(14-4-1)31-26-38-40-36-21-11-9-19-34(36)35-20-10-12-22-37(35)42(40)44-41(38)39(27-31)43(32-17-5-2-6-18-32)33-24-23-29-15-7-8-16-30(29)25-33/h1-27H. The zero-order valence-corrected chi connectivity index (χ0v) is 23.9. The molecule has 0 radical (unpaired) electrons. The lowest BCUT2D eigenvalue weighted by Gasteiger charge is -2.26. The van der Waals surface area contributed by atoms with Crippen molar-refractivity contribution in [2.75, 3.05) is 4.90 Å². The number of rotatable bonds is 4. The van der Waals surface area contributed by atoms with Gasteiger partial charge in [0.2, 0.25) is 0 Å². The van der Waals surface area contributed by atoms with Gasteiger partial charge in [0, 0.05) is 27.5 Å². The molecule has 206 valence electrons. The van der Waals surface area contributed by atoms with Crippen molar-refractivity contribution in [1.29, 1.82) is 0 Å². The zero-order chi connectivity index (χ0) is 29.0. The Kier molecular flexibility index (Phi) is 5.54. The molecule has 0 fully saturated rings. The molecule has 44 heavy (non-hydrogen) atoms. The molecule has 0 aliphatic rings. The molecule has 0 saturated heterocycles. The van der Waals surface area contributed by atoms with Gasteiger partial charge in [-0.3, -0.25) is 0 Å². The Labute approximate surface area is 255 Å². The average molecular weight is 562 g/mol. The maximum Gasteiger partial charge on any atom is 0.159 e. The number of benzene rings is 8. The monoisotopic (exact) mass is 561 g/mol. The van der Waals surface area contributed by atoms with Crippen molar-refractivity contribution >= 4 is 71.3 Å². The average Bonchev–Trinajstić information content (AvgIpc) is 3.50. The van der Waals surface area contributed by atoms with Crippen molar-refractivity contribution in [3.8, 4) is 11.1 Å². The third kappa shape index (κ3) is 3.82. The van der Waals surface area contributed by atoms with Crippen LogP contribution in [0.1, 0.15) is 0 Å². The van der Waals surface area contributed by atoms with Gasteiger partial charge in [-0.2, -0.15) is 0 Å². The second kappa shape index (κ2) is 9.86. The topological polar surface area (TPSA) is 16.4 Å². The maximum atomic E-state index is 7.07. The van der Waals surface area contributed by atoms with E-state index in [-0.39, 0.29) is 0 Å². The Bertz CT molecular complexity index is 2490. The van der Waals surface area contributed by atoms with E-state index in [9.17, 15) is 0 Å². The van der Waals surface area contributed by atoms with E-state index in [2.05, 4.69) is 169 Å². The summed E-state index contributed by atoms with van der Waals surface area (Å²) >= 11 is 0. The van der Waals surface area contributed by atoms with Crippen LogP contribution in [0.2, 0.25) is 0 Å². The number of para-hydroxylation sites is 1. The van der Waals surface area contributed by atoms with Crippen LogP contribution >= 0.6 is 0 Å². The van der Waals surface area contributed by atoms with Crippen LogP contribution in [0.5, 0.6) is 0 Å². The zero-order valence-electron chi connectivity index (χ0n) is 23.9. The molecule has 2 heteroatoms. The number of furan rings is 1. The molecule has 0 amide bonds. The van der Waals surface area contributed by atoms with Gasteiger partial charge in [-0.25, -0.2) is 0 Å². The molecule has 2 nitrogen and oxygen atoms in total. The summed E-state index contributed by atoms with van der Waals surface area (Å²) in [4.78, 5) is 2.34. The van der Waals surface area contributed by atoms with Crippen molar-refractivity contribution in [2.24, 2.45) is 0 Å². The van der Waals surface area contributed by atoms with E-state index in [0.717, 1.165) is 50.0 Å². The molecule has 0 spiro atoms. The minimum Gasteiger partial charge on any atom is -0.453 e. The van der Waals surface area contributed by atoms with Crippen molar-refractivity contribution in [2.45, 2.75) is 0 Å². The first kappa shape index (κ1) is 24.7. The normalized spacial score (nSPS) is 11.6. The van der Waals surface area contributed by atoms with Gasteiger partial charge in [-0.05, 0) is 74.5 Å². The van der Waals surface area contributed by atoms with Gasteiger partial charge in [-0.1, -0.05) is 127 Å². The fraction of sp³-hybridized carbons (Fsp3) is 0. The predicted molar refractivity (Wildman–Crippen MR) is 186 cm³/mol. The fourth-order valence-corrected chi connectivity index (χ4v) is 6.77. The summed E-state index contributed by atoms with van der Waals surface area (Å²) < 4.78 is 7.07. The SMILES string of the molecule is c1ccc(-c2cc(N(c3ccccc3)c3ccc4ccccc4c3)c3oc4c5ccccc5c5ccccc5c4c3c2)cc1. The predicted octanol–water partition coefficient (Wildman–Crippen LogP) is 12.2. The van der Waals surface area contributed by atoms with E-state index in [1.165, 1.54) is 32.5 Å². The van der Waals surface area contributed by atoms with Crippen LogP contribution in [0.15, 0.2) is 168 Å². The quantitative estimate of drug-likeness (QED) is 0.199. The summed E-state index contributed by atoms with van der Waals surface area (Å²) in [6, 6.07) is 58.4. The van der Waals surface area contributed by atoms with Gasteiger partial charge in [0.1, 0.15) is 5.58 Å². The van der Waals surface area contributed by atoms with E-state index in [1.54, 1.807) is 0 Å². The highest BCUT2D eigenvalue weighted by Gasteiger charge is 2.23. The van der Waals surface area contributed by atoms with Gasteiger partial charge < -0.3 is 9.32 Å².